The van der Waals surface area contributed by atoms with Crippen molar-refractivity contribution in [2.24, 2.45) is 4.99 Å². The molecule has 1 aliphatic carbocycles. The lowest BCUT2D eigenvalue weighted by molar-refractivity contribution is 0.00233. The Bertz CT molecular complexity index is 822. The van der Waals surface area contributed by atoms with E-state index in [0.717, 1.165) is 25.7 Å². The van der Waals surface area contributed by atoms with Crippen LogP contribution in [-0.2, 0) is 14.8 Å². The highest BCUT2D eigenvalue weighted by molar-refractivity contribution is 7.88. The summed E-state index contributed by atoms with van der Waals surface area (Å²) in [6.45, 7) is 0.952. The molecule has 0 spiro atoms. The van der Waals surface area contributed by atoms with E-state index >= 15 is 0 Å². The van der Waals surface area contributed by atoms with Gasteiger partial charge in [-0.15, -0.1) is 0 Å². The molecule has 1 heterocycles. The molecule has 1 aliphatic heterocycles. The summed E-state index contributed by atoms with van der Waals surface area (Å²) in [6.07, 6.45) is 7.59. The lowest BCUT2D eigenvalue weighted by atomic mass is 9.83. The zero-order chi connectivity index (χ0) is 21.6. The minimum absolute atomic E-state index is 0.114. The summed E-state index contributed by atoms with van der Waals surface area (Å²) in [7, 11) is -1.62. The molecule has 3 N–H and O–H groups in total. The van der Waals surface area contributed by atoms with Crippen LogP contribution < -0.4 is 10.0 Å². The normalized spacial score (nSPS) is 27.5. The van der Waals surface area contributed by atoms with Crippen molar-refractivity contribution in [2.75, 3.05) is 26.5 Å². The fourth-order valence-corrected chi connectivity index (χ4v) is 5.28. The van der Waals surface area contributed by atoms with Gasteiger partial charge in [0.25, 0.3) is 0 Å². The van der Waals surface area contributed by atoms with Crippen molar-refractivity contribution in [1.82, 2.24) is 14.9 Å². The molecule has 0 bridgehead atoms. The van der Waals surface area contributed by atoms with Gasteiger partial charge in [0.1, 0.15) is 0 Å². The predicted molar refractivity (Wildman–Crippen MR) is 120 cm³/mol. The van der Waals surface area contributed by atoms with E-state index in [1.54, 1.807) is 7.05 Å². The Balaban J connectivity index is 1.58. The maximum absolute atomic E-state index is 11.8. The molecule has 8 nitrogen and oxygen atoms in total. The van der Waals surface area contributed by atoms with Gasteiger partial charge >= 0.3 is 0 Å². The van der Waals surface area contributed by atoms with E-state index in [1.807, 2.05) is 11.0 Å². The predicted octanol–water partition coefficient (Wildman–Crippen LogP) is 1.90. The average molecular weight is 436 g/mol. The molecule has 0 radical (unpaired) electrons. The molecule has 2 atom stereocenters. The van der Waals surface area contributed by atoms with Crippen molar-refractivity contribution in [1.29, 1.82) is 5.41 Å². The number of rotatable bonds is 7. The first-order chi connectivity index (χ1) is 14.4. The molecule has 2 aliphatic rings. The van der Waals surface area contributed by atoms with E-state index in [-0.39, 0.29) is 24.1 Å². The van der Waals surface area contributed by atoms with Gasteiger partial charge in [-0.2, -0.15) is 0 Å². The molecular weight excluding hydrogens is 402 g/mol. The molecule has 0 unspecified atom stereocenters. The molecule has 30 heavy (non-hydrogen) atoms. The van der Waals surface area contributed by atoms with E-state index in [1.165, 1.54) is 18.2 Å². The summed E-state index contributed by atoms with van der Waals surface area (Å²) in [5, 5.41) is 11.0. The summed E-state index contributed by atoms with van der Waals surface area (Å²) >= 11 is 0. The molecule has 9 heteroatoms. The van der Waals surface area contributed by atoms with E-state index in [2.05, 4.69) is 39.3 Å². The van der Waals surface area contributed by atoms with Gasteiger partial charge in [-0.25, -0.2) is 18.1 Å². The monoisotopic (exact) mass is 435 g/mol. The number of likely N-dealkylation sites (tertiary alicyclic amines) is 1. The third kappa shape index (κ3) is 6.26. The number of ether oxygens (including phenoxy) is 1. The van der Waals surface area contributed by atoms with Gasteiger partial charge < -0.3 is 15.0 Å². The smallest absolute Gasteiger partial charge is 0.219 e. The van der Waals surface area contributed by atoms with Crippen molar-refractivity contribution in [2.45, 2.75) is 56.2 Å². The Labute approximate surface area is 179 Å². The number of benzene rings is 1. The topological polar surface area (TPSA) is 107 Å². The Morgan fingerprint density at radius 3 is 2.57 bits per heavy atom. The molecule has 3 rings (SSSR count). The zero-order valence-electron chi connectivity index (χ0n) is 17.8. The number of nitrogens with zero attached hydrogens (tertiary/aromatic N) is 2. The van der Waals surface area contributed by atoms with Crippen LogP contribution in [0.25, 0.3) is 0 Å². The summed E-state index contributed by atoms with van der Waals surface area (Å²) in [6, 6.07) is 10.1. The largest absolute Gasteiger partial charge is 0.379 e. The Kier molecular flexibility index (Phi) is 7.85. The fourth-order valence-electron chi connectivity index (χ4n) is 4.46. The van der Waals surface area contributed by atoms with Crippen molar-refractivity contribution in [3.63, 3.8) is 0 Å². The fraction of sp³-hybridized carbons (Fsp3) is 0.619. The average Bonchev–Trinajstić information content (AvgIpc) is 3.12. The van der Waals surface area contributed by atoms with E-state index in [4.69, 9.17) is 10.1 Å². The minimum Gasteiger partial charge on any atom is -0.379 e. The van der Waals surface area contributed by atoms with E-state index in [0.29, 0.717) is 25.5 Å². The molecule has 0 aromatic heterocycles. The second kappa shape index (κ2) is 10.4. The summed E-state index contributed by atoms with van der Waals surface area (Å²) in [5.74, 6) is 0.696. The highest BCUT2D eigenvalue weighted by Crippen LogP contribution is 2.34. The van der Waals surface area contributed by atoms with Gasteiger partial charge in [-0.05, 0) is 43.6 Å². The third-order valence-electron chi connectivity index (χ3n) is 5.95. The van der Waals surface area contributed by atoms with Crippen LogP contribution in [0.2, 0.25) is 0 Å². The third-order valence-corrected chi connectivity index (χ3v) is 6.68. The molecular formula is C21H33N5O3S. The van der Waals surface area contributed by atoms with Gasteiger partial charge in [0, 0.05) is 19.6 Å². The molecule has 1 aromatic rings. The van der Waals surface area contributed by atoms with Gasteiger partial charge in [0.05, 0.1) is 31.3 Å². The van der Waals surface area contributed by atoms with Crippen LogP contribution in [0.1, 0.15) is 43.6 Å². The first-order valence-electron chi connectivity index (χ1n) is 10.6. The first-order valence-corrected chi connectivity index (χ1v) is 12.5. The van der Waals surface area contributed by atoms with Gasteiger partial charge in [-0.1, -0.05) is 30.3 Å². The van der Waals surface area contributed by atoms with Gasteiger partial charge in [-0.3, -0.25) is 5.41 Å². The number of hydrogen-bond acceptors (Lipinski definition) is 4. The van der Waals surface area contributed by atoms with Gasteiger partial charge in [0.15, 0.2) is 0 Å². The Morgan fingerprint density at radius 1 is 1.23 bits per heavy atom. The number of sulfonamides is 1. The number of nitrogens with one attached hydrogen (secondary N) is 3. The second-order valence-corrected chi connectivity index (χ2v) is 9.91. The molecule has 0 amide bonds. The van der Waals surface area contributed by atoms with Crippen molar-refractivity contribution < 1.29 is 13.2 Å². The first kappa shape index (κ1) is 22.7. The quantitative estimate of drug-likeness (QED) is 0.448. The highest BCUT2D eigenvalue weighted by atomic mass is 32.2. The summed E-state index contributed by atoms with van der Waals surface area (Å²) < 4.78 is 32.5. The maximum Gasteiger partial charge on any atom is 0.219 e. The lowest BCUT2D eigenvalue weighted by Crippen LogP contribution is -2.49. The molecule has 2 fully saturated rings. The summed E-state index contributed by atoms with van der Waals surface area (Å²) in [5.41, 5.74) is 1.39. The van der Waals surface area contributed by atoms with Crippen LogP contribution in [0.5, 0.6) is 0 Å². The number of hydrogen-bond donors (Lipinski definition) is 3. The second-order valence-electron chi connectivity index (χ2n) is 8.13. The lowest BCUT2D eigenvalue weighted by Gasteiger charge is -2.33. The van der Waals surface area contributed by atoms with E-state index in [9.17, 15) is 8.42 Å². The zero-order valence-corrected chi connectivity index (χ0v) is 18.6. The van der Waals surface area contributed by atoms with E-state index < -0.39 is 10.0 Å². The van der Waals surface area contributed by atoms with Crippen LogP contribution in [0.3, 0.4) is 0 Å². The standard InChI is InChI=1S/C21H33N5O3S/c1-23-15-24-21(22)26-13-12-19(25-30(2,27)28)20(26)14-29-18-10-8-17(9-11-18)16-6-4-3-5-7-16/h3-7,15,17-20,25H,8-14H2,1-2H3,(H2,22,23,24)/t17-,18+,19-,20-/m0/s1. The van der Waals surface area contributed by atoms with Crippen LogP contribution in [0, 0.1) is 5.41 Å². The van der Waals surface area contributed by atoms with Crippen LogP contribution in [0.4, 0.5) is 0 Å². The van der Waals surface area contributed by atoms with Crippen LogP contribution >= 0.6 is 0 Å². The van der Waals surface area contributed by atoms with Crippen molar-refractivity contribution in [3.05, 3.63) is 35.9 Å². The minimum atomic E-state index is -3.34. The Hall–Kier alpha value is -1.97. The molecule has 1 saturated carbocycles. The Morgan fingerprint density at radius 2 is 1.93 bits per heavy atom. The maximum atomic E-state index is 11.8. The molecule has 1 saturated heterocycles. The van der Waals surface area contributed by atoms with Crippen molar-refractivity contribution >= 4 is 22.3 Å². The van der Waals surface area contributed by atoms with Crippen LogP contribution in [-0.4, -0.2) is 70.3 Å². The van der Waals surface area contributed by atoms with Crippen LogP contribution in [0.15, 0.2) is 35.3 Å². The summed E-state index contributed by atoms with van der Waals surface area (Å²) in [4.78, 5) is 5.91. The number of guanidine groups is 1. The van der Waals surface area contributed by atoms with Crippen molar-refractivity contribution in [3.8, 4) is 0 Å². The molecule has 166 valence electrons. The number of aliphatic imine (C=N–C) groups is 1. The highest BCUT2D eigenvalue weighted by Gasteiger charge is 2.38. The molecule has 1 aromatic carbocycles. The SMILES string of the molecule is CN/C=N\C(=N)N1CC[C@H](NS(C)(=O)=O)[C@@H]1CO[C@H]1CC[C@@H](c2ccccc2)CC1. The van der Waals surface area contributed by atoms with Gasteiger partial charge in [0.2, 0.25) is 16.0 Å².